The van der Waals surface area contributed by atoms with Crippen LogP contribution < -0.4 is 21.1 Å². The van der Waals surface area contributed by atoms with Gasteiger partial charge in [0.25, 0.3) is 5.91 Å². The van der Waals surface area contributed by atoms with Crippen LogP contribution in [0.5, 0.6) is 5.75 Å². The molecule has 2 heterocycles. The fourth-order valence-electron chi connectivity index (χ4n) is 3.13. The van der Waals surface area contributed by atoms with E-state index in [0.29, 0.717) is 41.5 Å². The maximum atomic E-state index is 12.8. The highest BCUT2D eigenvalue weighted by atomic mass is 16.5. The molecule has 1 unspecified atom stereocenters. The van der Waals surface area contributed by atoms with Crippen LogP contribution in [0.3, 0.4) is 0 Å². The molecule has 0 aliphatic carbocycles. The molecule has 1 saturated heterocycles. The van der Waals surface area contributed by atoms with Gasteiger partial charge in [-0.25, -0.2) is 4.68 Å². The molecule has 1 fully saturated rings. The normalized spacial score (nSPS) is 15.3. The molecular formula is C21H21N5O3. The van der Waals surface area contributed by atoms with Crippen molar-refractivity contribution in [3.05, 3.63) is 71.4 Å². The van der Waals surface area contributed by atoms with Crippen LogP contribution in [-0.4, -0.2) is 27.8 Å². The summed E-state index contributed by atoms with van der Waals surface area (Å²) in [4.78, 5) is 23.7. The summed E-state index contributed by atoms with van der Waals surface area (Å²) < 4.78 is 7.21. The third-order valence-corrected chi connectivity index (χ3v) is 4.65. The van der Waals surface area contributed by atoms with Crippen LogP contribution in [0.4, 0.5) is 11.5 Å². The Bertz CT molecular complexity index is 1040. The number of amides is 2. The maximum absolute atomic E-state index is 12.8. The van der Waals surface area contributed by atoms with Gasteiger partial charge in [-0.3, -0.25) is 9.59 Å². The summed E-state index contributed by atoms with van der Waals surface area (Å²) >= 11 is 0. The monoisotopic (exact) mass is 391 g/mol. The first kappa shape index (κ1) is 18.5. The van der Waals surface area contributed by atoms with Gasteiger partial charge in [0, 0.05) is 5.69 Å². The second kappa shape index (κ2) is 7.67. The van der Waals surface area contributed by atoms with Crippen LogP contribution in [0, 0.1) is 6.92 Å². The van der Waals surface area contributed by atoms with Crippen LogP contribution in [0.25, 0.3) is 0 Å². The molecule has 1 aliphatic rings. The molecule has 0 spiro atoms. The van der Waals surface area contributed by atoms with Crippen molar-refractivity contribution in [2.75, 3.05) is 11.1 Å². The van der Waals surface area contributed by atoms with Crippen molar-refractivity contribution in [1.29, 1.82) is 0 Å². The Balaban J connectivity index is 1.43. The highest BCUT2D eigenvalue weighted by Gasteiger charge is 2.26. The van der Waals surface area contributed by atoms with Gasteiger partial charge in [-0.05, 0) is 36.8 Å². The molecule has 2 amide bonds. The Kier molecular flexibility index (Phi) is 4.90. The van der Waals surface area contributed by atoms with Gasteiger partial charge in [-0.2, -0.15) is 5.10 Å². The summed E-state index contributed by atoms with van der Waals surface area (Å²) in [5.41, 5.74) is 8.78. The number of carbonyl (C=O) groups is 2. The minimum atomic E-state index is -0.320. The fraction of sp³-hybridized carbons (Fsp3) is 0.190. The molecule has 1 aromatic heterocycles. The maximum Gasteiger partial charge on any atom is 0.261 e. The van der Waals surface area contributed by atoms with Gasteiger partial charge in [-0.1, -0.05) is 30.3 Å². The lowest BCUT2D eigenvalue weighted by Crippen LogP contribution is -2.51. The number of aromatic nitrogens is 2. The minimum absolute atomic E-state index is 0.0281. The molecule has 8 heteroatoms. The first-order valence-electron chi connectivity index (χ1n) is 9.24. The number of hydrogen-bond acceptors (Lipinski definition) is 5. The number of hydrogen-bond donors (Lipinski definition) is 3. The number of nitrogens with two attached hydrogens (primary N) is 1. The highest BCUT2D eigenvalue weighted by molar-refractivity contribution is 6.08. The van der Waals surface area contributed by atoms with Gasteiger partial charge < -0.3 is 21.1 Å². The minimum Gasteiger partial charge on any atom is -0.470 e. The largest absolute Gasteiger partial charge is 0.470 e. The third kappa shape index (κ3) is 4.06. The Morgan fingerprint density at radius 3 is 2.59 bits per heavy atom. The Labute approximate surface area is 167 Å². The third-order valence-electron chi connectivity index (χ3n) is 4.65. The van der Waals surface area contributed by atoms with Gasteiger partial charge in [0.1, 0.15) is 17.1 Å². The predicted octanol–water partition coefficient (Wildman–Crippen LogP) is 2.30. The van der Waals surface area contributed by atoms with Crippen molar-refractivity contribution in [2.45, 2.75) is 26.1 Å². The number of nitrogens with one attached hydrogen (secondary N) is 2. The Morgan fingerprint density at radius 1 is 1.24 bits per heavy atom. The summed E-state index contributed by atoms with van der Waals surface area (Å²) in [6.07, 6.45) is 0.0603. The summed E-state index contributed by atoms with van der Waals surface area (Å²) in [5.74, 6) is 0.586. The van der Waals surface area contributed by atoms with Crippen molar-refractivity contribution in [1.82, 2.24) is 15.1 Å². The number of anilines is 2. The lowest BCUT2D eigenvalue weighted by Gasteiger charge is -2.27. The number of carbonyl (C=O) groups excluding carboxylic acids is 2. The van der Waals surface area contributed by atoms with E-state index in [1.54, 1.807) is 35.9 Å². The predicted molar refractivity (Wildman–Crippen MR) is 108 cm³/mol. The zero-order chi connectivity index (χ0) is 20.4. The molecule has 8 nitrogen and oxygen atoms in total. The number of benzene rings is 2. The smallest absolute Gasteiger partial charge is 0.261 e. The number of β-lactam (4-membered cyclic amide) rings is 1. The highest BCUT2D eigenvalue weighted by Crippen LogP contribution is 2.22. The van der Waals surface area contributed by atoms with Crippen LogP contribution in [0.15, 0.2) is 54.6 Å². The van der Waals surface area contributed by atoms with Crippen LogP contribution in [0.1, 0.15) is 28.0 Å². The van der Waals surface area contributed by atoms with Crippen molar-refractivity contribution in [2.24, 2.45) is 0 Å². The van der Waals surface area contributed by atoms with Gasteiger partial charge in [0.2, 0.25) is 5.91 Å². The summed E-state index contributed by atoms with van der Waals surface area (Å²) in [7, 11) is 0. The Hall–Kier alpha value is -3.81. The first-order chi connectivity index (χ1) is 14.0. The molecule has 1 aliphatic heterocycles. The molecule has 0 bridgehead atoms. The summed E-state index contributed by atoms with van der Waals surface area (Å²) in [6.45, 7) is 2.25. The molecule has 1 atom stereocenters. The molecule has 2 aromatic carbocycles. The Morgan fingerprint density at radius 2 is 1.93 bits per heavy atom. The molecule has 29 heavy (non-hydrogen) atoms. The number of aryl methyl sites for hydroxylation is 1. The topological polar surface area (TPSA) is 111 Å². The summed E-state index contributed by atoms with van der Waals surface area (Å²) in [5, 5.41) is 9.89. The second-order valence-electron chi connectivity index (χ2n) is 6.85. The lowest BCUT2D eigenvalue weighted by atomic mass is 10.2. The van der Waals surface area contributed by atoms with E-state index in [9.17, 15) is 9.59 Å². The molecule has 0 radical (unpaired) electrons. The average molecular weight is 391 g/mol. The second-order valence-corrected chi connectivity index (χ2v) is 6.85. The number of rotatable bonds is 6. The van der Waals surface area contributed by atoms with Crippen molar-refractivity contribution in [3.63, 3.8) is 0 Å². The molecular weight excluding hydrogens is 370 g/mol. The molecule has 0 saturated carbocycles. The molecule has 4 rings (SSSR count). The van der Waals surface area contributed by atoms with Crippen LogP contribution in [0.2, 0.25) is 0 Å². The standard InChI is InChI=1S/C21H21N5O3/c1-13-19(20(22)26(25-13)12-14-5-3-2-4-6-14)21(28)23-15-7-9-16(10-8-15)29-18-11-17(27)24-18/h2-10,18H,11-12,22H2,1H3,(H,23,28)(H,24,27). The van der Waals surface area contributed by atoms with E-state index in [2.05, 4.69) is 15.7 Å². The zero-order valence-corrected chi connectivity index (χ0v) is 15.9. The van der Waals surface area contributed by atoms with Gasteiger partial charge in [0.05, 0.1) is 18.7 Å². The van der Waals surface area contributed by atoms with E-state index in [4.69, 9.17) is 10.5 Å². The fourth-order valence-corrected chi connectivity index (χ4v) is 3.13. The quantitative estimate of drug-likeness (QED) is 0.558. The van der Waals surface area contributed by atoms with E-state index in [-0.39, 0.29) is 18.0 Å². The van der Waals surface area contributed by atoms with E-state index in [1.165, 1.54) is 0 Å². The number of ether oxygens (including phenoxy) is 1. The molecule has 4 N–H and O–H groups in total. The average Bonchev–Trinajstić information content (AvgIpc) is 2.96. The zero-order valence-electron chi connectivity index (χ0n) is 15.9. The lowest BCUT2D eigenvalue weighted by molar-refractivity contribution is -0.134. The van der Waals surface area contributed by atoms with Crippen LogP contribution in [-0.2, 0) is 11.3 Å². The van der Waals surface area contributed by atoms with Crippen molar-refractivity contribution >= 4 is 23.3 Å². The summed E-state index contributed by atoms with van der Waals surface area (Å²) in [6, 6.07) is 16.7. The first-order valence-corrected chi connectivity index (χ1v) is 9.24. The SMILES string of the molecule is Cc1nn(Cc2ccccc2)c(N)c1C(=O)Nc1ccc(OC2CC(=O)N2)cc1. The van der Waals surface area contributed by atoms with Gasteiger partial charge >= 0.3 is 0 Å². The van der Waals surface area contributed by atoms with E-state index >= 15 is 0 Å². The molecule has 148 valence electrons. The van der Waals surface area contributed by atoms with E-state index in [1.807, 2.05) is 30.3 Å². The molecule has 3 aromatic rings. The van der Waals surface area contributed by atoms with Gasteiger partial charge in [0.15, 0.2) is 6.23 Å². The van der Waals surface area contributed by atoms with Crippen LogP contribution >= 0.6 is 0 Å². The van der Waals surface area contributed by atoms with E-state index < -0.39 is 0 Å². The van der Waals surface area contributed by atoms with Gasteiger partial charge in [-0.15, -0.1) is 0 Å². The van der Waals surface area contributed by atoms with E-state index in [0.717, 1.165) is 5.56 Å². The number of nitrogen functional groups attached to an aromatic ring is 1. The van der Waals surface area contributed by atoms with Crippen molar-refractivity contribution < 1.29 is 14.3 Å². The van der Waals surface area contributed by atoms with Crippen molar-refractivity contribution in [3.8, 4) is 5.75 Å². The number of nitrogens with zero attached hydrogens (tertiary/aromatic N) is 2.